The number of nitrogens with one attached hydrogen (secondary N) is 1. The lowest BCUT2D eigenvalue weighted by Gasteiger charge is -2.23. The number of thiophene rings is 1. The van der Waals surface area contributed by atoms with E-state index in [0.29, 0.717) is 11.9 Å². The van der Waals surface area contributed by atoms with E-state index in [1.165, 1.54) is 25.7 Å². The highest BCUT2D eigenvalue weighted by Gasteiger charge is 2.26. The van der Waals surface area contributed by atoms with Crippen LogP contribution in [0.25, 0.3) is 11.4 Å². The summed E-state index contributed by atoms with van der Waals surface area (Å²) in [4.78, 5) is 4.56. The molecule has 2 heterocycles. The zero-order valence-electron chi connectivity index (χ0n) is 12.5. The quantitative estimate of drug-likeness (QED) is 0.843. The van der Waals surface area contributed by atoms with E-state index in [1.807, 2.05) is 11.4 Å². The summed E-state index contributed by atoms with van der Waals surface area (Å²) < 4.78 is 5.46. The molecule has 1 fully saturated rings. The third-order valence-corrected chi connectivity index (χ3v) is 4.95. The summed E-state index contributed by atoms with van der Waals surface area (Å²) >= 11 is 1.66. The van der Waals surface area contributed by atoms with Gasteiger partial charge in [0.25, 0.3) is 0 Å². The largest absolute Gasteiger partial charge is 0.339 e. The monoisotopic (exact) mass is 305 g/mol. The van der Waals surface area contributed by atoms with Crippen LogP contribution in [-0.4, -0.2) is 22.7 Å². The van der Waals surface area contributed by atoms with Gasteiger partial charge in [-0.15, -0.1) is 0 Å². The zero-order chi connectivity index (χ0) is 14.5. The van der Waals surface area contributed by atoms with Gasteiger partial charge in [-0.3, -0.25) is 0 Å². The van der Waals surface area contributed by atoms with Crippen LogP contribution in [0.15, 0.2) is 21.3 Å². The van der Waals surface area contributed by atoms with Gasteiger partial charge in [-0.05, 0) is 43.2 Å². The van der Waals surface area contributed by atoms with Crippen molar-refractivity contribution in [1.29, 1.82) is 0 Å². The van der Waals surface area contributed by atoms with Crippen molar-refractivity contribution in [2.75, 3.05) is 6.54 Å². The maximum atomic E-state index is 5.46. The normalized spacial score (nSPS) is 17.4. The van der Waals surface area contributed by atoms with E-state index < -0.39 is 0 Å². The first-order valence-corrected chi connectivity index (χ1v) is 8.89. The first-order chi connectivity index (χ1) is 10.4. The Hall–Kier alpha value is -1.20. The molecule has 0 spiro atoms. The summed E-state index contributed by atoms with van der Waals surface area (Å²) in [5.74, 6) is 2.23. The average molecular weight is 305 g/mol. The van der Waals surface area contributed by atoms with Crippen molar-refractivity contribution < 1.29 is 4.52 Å². The second kappa shape index (κ2) is 7.18. The number of nitrogens with zero attached hydrogens (tertiary/aromatic N) is 2. The van der Waals surface area contributed by atoms with Crippen LogP contribution >= 0.6 is 11.3 Å². The summed E-state index contributed by atoms with van der Waals surface area (Å²) in [5.41, 5.74) is 1.05. The fraction of sp³-hybridized carbons (Fsp3) is 0.625. The van der Waals surface area contributed by atoms with Crippen LogP contribution in [0.3, 0.4) is 0 Å². The summed E-state index contributed by atoms with van der Waals surface area (Å²) in [6.07, 6.45) is 7.38. The highest BCUT2D eigenvalue weighted by atomic mass is 32.1. The van der Waals surface area contributed by atoms with Gasteiger partial charge in [0.1, 0.15) is 0 Å². The van der Waals surface area contributed by atoms with Gasteiger partial charge >= 0.3 is 0 Å². The van der Waals surface area contributed by atoms with Crippen molar-refractivity contribution in [3.63, 3.8) is 0 Å². The van der Waals surface area contributed by atoms with Gasteiger partial charge in [0.15, 0.2) is 0 Å². The highest BCUT2D eigenvalue weighted by Crippen LogP contribution is 2.29. The Morgan fingerprint density at radius 1 is 1.43 bits per heavy atom. The zero-order valence-corrected chi connectivity index (χ0v) is 13.4. The van der Waals surface area contributed by atoms with Crippen LogP contribution in [0.1, 0.15) is 44.9 Å². The minimum atomic E-state index is 0.475. The predicted octanol–water partition coefficient (Wildman–Crippen LogP) is 3.90. The molecule has 0 bridgehead atoms. The van der Waals surface area contributed by atoms with E-state index in [0.717, 1.165) is 36.8 Å². The molecule has 2 aromatic heterocycles. The highest BCUT2D eigenvalue weighted by molar-refractivity contribution is 7.08. The SMILES string of the molecule is CCCNC(Cc1nc(-c2ccsc2)no1)C1CCCC1. The van der Waals surface area contributed by atoms with E-state index in [9.17, 15) is 0 Å². The Bertz CT molecular complexity index is 531. The molecule has 5 heteroatoms. The standard InChI is InChI=1S/C16H23N3OS/c1-2-8-17-14(12-5-3-4-6-12)10-15-18-16(19-20-15)13-7-9-21-11-13/h7,9,11-12,14,17H,2-6,8,10H2,1H3. The summed E-state index contributed by atoms with van der Waals surface area (Å²) in [6.45, 7) is 3.27. The first-order valence-electron chi connectivity index (χ1n) is 7.95. The van der Waals surface area contributed by atoms with Crippen LogP contribution in [-0.2, 0) is 6.42 Å². The molecule has 1 aliphatic carbocycles. The number of aromatic nitrogens is 2. The van der Waals surface area contributed by atoms with Gasteiger partial charge in [-0.25, -0.2) is 0 Å². The molecule has 1 atom stereocenters. The second-order valence-corrected chi connectivity index (χ2v) is 6.61. The van der Waals surface area contributed by atoms with Gasteiger partial charge in [-0.1, -0.05) is 24.9 Å². The topological polar surface area (TPSA) is 51.0 Å². The molecule has 0 aromatic carbocycles. The Morgan fingerprint density at radius 3 is 3.00 bits per heavy atom. The fourth-order valence-corrected chi connectivity index (χ4v) is 3.76. The van der Waals surface area contributed by atoms with Crippen LogP contribution in [0.5, 0.6) is 0 Å². The van der Waals surface area contributed by atoms with Crippen LogP contribution in [0, 0.1) is 5.92 Å². The van der Waals surface area contributed by atoms with Crippen molar-refractivity contribution in [3.05, 3.63) is 22.7 Å². The van der Waals surface area contributed by atoms with Crippen molar-refractivity contribution in [2.24, 2.45) is 5.92 Å². The fourth-order valence-electron chi connectivity index (χ4n) is 3.13. The van der Waals surface area contributed by atoms with Crippen LogP contribution in [0.2, 0.25) is 0 Å². The molecular formula is C16H23N3OS. The molecule has 114 valence electrons. The van der Waals surface area contributed by atoms with Gasteiger partial charge in [0.2, 0.25) is 11.7 Å². The molecule has 1 unspecified atom stereocenters. The van der Waals surface area contributed by atoms with Crippen LogP contribution in [0.4, 0.5) is 0 Å². The Kier molecular flexibility index (Phi) is 5.04. The summed E-state index contributed by atoms with van der Waals surface area (Å²) in [5, 5.41) is 11.9. The first kappa shape index (κ1) is 14.7. The molecule has 0 saturated heterocycles. The van der Waals surface area contributed by atoms with Crippen molar-refractivity contribution in [3.8, 4) is 11.4 Å². The van der Waals surface area contributed by atoms with Crippen molar-refractivity contribution in [1.82, 2.24) is 15.5 Å². The van der Waals surface area contributed by atoms with Gasteiger partial charge < -0.3 is 9.84 Å². The molecule has 4 nitrogen and oxygen atoms in total. The molecule has 0 amide bonds. The maximum absolute atomic E-state index is 5.46. The number of rotatable bonds is 7. The van der Waals surface area contributed by atoms with Crippen LogP contribution < -0.4 is 5.32 Å². The van der Waals surface area contributed by atoms with E-state index in [2.05, 4.69) is 27.8 Å². The molecule has 1 saturated carbocycles. The van der Waals surface area contributed by atoms with E-state index in [4.69, 9.17) is 4.52 Å². The predicted molar refractivity (Wildman–Crippen MR) is 85.4 cm³/mol. The lowest BCUT2D eigenvalue weighted by Crippen LogP contribution is -2.37. The lowest BCUT2D eigenvalue weighted by molar-refractivity contribution is 0.308. The summed E-state index contributed by atoms with van der Waals surface area (Å²) in [7, 11) is 0. The minimum absolute atomic E-state index is 0.475. The van der Waals surface area contributed by atoms with Gasteiger partial charge in [-0.2, -0.15) is 16.3 Å². The number of hydrogen-bond donors (Lipinski definition) is 1. The molecule has 0 radical (unpaired) electrons. The summed E-state index contributed by atoms with van der Waals surface area (Å²) in [6, 6.07) is 2.51. The molecule has 3 rings (SSSR count). The Labute approximate surface area is 130 Å². The Balaban J connectivity index is 1.67. The van der Waals surface area contributed by atoms with Crippen molar-refractivity contribution in [2.45, 2.75) is 51.5 Å². The van der Waals surface area contributed by atoms with E-state index in [1.54, 1.807) is 11.3 Å². The maximum Gasteiger partial charge on any atom is 0.228 e. The third kappa shape index (κ3) is 3.71. The molecule has 21 heavy (non-hydrogen) atoms. The molecule has 1 N–H and O–H groups in total. The van der Waals surface area contributed by atoms with Gasteiger partial charge in [0, 0.05) is 23.4 Å². The molecular weight excluding hydrogens is 282 g/mol. The second-order valence-electron chi connectivity index (χ2n) is 5.83. The molecule has 0 aliphatic heterocycles. The minimum Gasteiger partial charge on any atom is -0.339 e. The third-order valence-electron chi connectivity index (χ3n) is 4.27. The molecule has 1 aliphatic rings. The van der Waals surface area contributed by atoms with Gasteiger partial charge in [0.05, 0.1) is 0 Å². The lowest BCUT2D eigenvalue weighted by atomic mass is 9.95. The Morgan fingerprint density at radius 2 is 2.29 bits per heavy atom. The van der Waals surface area contributed by atoms with E-state index in [-0.39, 0.29) is 0 Å². The average Bonchev–Trinajstić information content (AvgIpc) is 3.24. The van der Waals surface area contributed by atoms with E-state index >= 15 is 0 Å². The van der Waals surface area contributed by atoms with Crippen molar-refractivity contribution >= 4 is 11.3 Å². The number of hydrogen-bond acceptors (Lipinski definition) is 5. The molecule has 2 aromatic rings. The smallest absolute Gasteiger partial charge is 0.228 e.